The van der Waals surface area contributed by atoms with Crippen LogP contribution in [-0.2, 0) is 23.2 Å². The largest absolute Gasteiger partial charge is 0.147 e. The molecule has 0 bridgehead atoms. The van der Waals surface area contributed by atoms with Crippen LogP contribution in [0.3, 0.4) is 0 Å². The zero-order valence-corrected chi connectivity index (χ0v) is 15.8. The monoisotopic (exact) mass is 362 g/mol. The first-order valence-corrected chi connectivity index (χ1v) is 8.50. The molecule has 1 unspecified atom stereocenters. The molecule has 100 valence electrons. The Bertz CT molecular complexity index is 453. The van der Waals surface area contributed by atoms with Gasteiger partial charge in [0, 0.05) is 0 Å². The maximum Gasteiger partial charge on any atom is -0.147 e. The van der Waals surface area contributed by atoms with E-state index in [-0.39, 0.29) is 24.8 Å². The van der Waals surface area contributed by atoms with E-state index >= 15 is 0 Å². The van der Waals surface area contributed by atoms with Gasteiger partial charge in [0.2, 0.25) is 0 Å². The summed E-state index contributed by atoms with van der Waals surface area (Å²) in [5.41, 5.74) is 6.34. The van der Waals surface area contributed by atoms with Gasteiger partial charge in [0.05, 0.1) is 0 Å². The van der Waals surface area contributed by atoms with Gasteiger partial charge >= 0.3 is 111 Å². The van der Waals surface area contributed by atoms with Crippen molar-refractivity contribution in [3.05, 3.63) is 41.0 Å². The molecule has 1 atom stereocenters. The quantitative estimate of drug-likeness (QED) is 0.615. The number of hydrogen-bond acceptors (Lipinski definition) is 0. The van der Waals surface area contributed by atoms with Crippen LogP contribution in [0.2, 0.25) is 0 Å². The Morgan fingerprint density at radius 2 is 1.67 bits per heavy atom. The zero-order valence-electron chi connectivity index (χ0n) is 11.8. The molecule has 18 heavy (non-hydrogen) atoms. The van der Waals surface area contributed by atoms with Crippen molar-refractivity contribution in [3.8, 4) is 0 Å². The second-order valence-electron chi connectivity index (χ2n) is 4.96. The molecule has 0 aromatic rings. The topological polar surface area (TPSA) is 0 Å². The Labute approximate surface area is 135 Å². The summed E-state index contributed by atoms with van der Waals surface area (Å²) in [4.78, 5) is 0. The van der Waals surface area contributed by atoms with E-state index in [1.807, 2.05) is 3.28 Å². The second kappa shape index (κ2) is 7.27. The third-order valence-corrected chi connectivity index (χ3v) is 8.95. The average Bonchev–Trinajstić information content (AvgIpc) is 2.73. The van der Waals surface area contributed by atoms with Gasteiger partial charge < -0.3 is 0 Å². The van der Waals surface area contributed by atoms with E-state index in [4.69, 9.17) is 0 Å². The fourth-order valence-electron chi connectivity index (χ4n) is 2.49. The van der Waals surface area contributed by atoms with Crippen LogP contribution >= 0.6 is 24.8 Å². The molecular formula is C15H22Cl2Zr. The van der Waals surface area contributed by atoms with E-state index in [0.29, 0.717) is 0 Å². The predicted octanol–water partition coefficient (Wildman–Crippen LogP) is 5.41. The van der Waals surface area contributed by atoms with Crippen LogP contribution in [0, 0.1) is 5.92 Å². The van der Waals surface area contributed by atoms with Crippen molar-refractivity contribution < 1.29 is 23.2 Å². The van der Waals surface area contributed by atoms with Crippen LogP contribution in [0.4, 0.5) is 0 Å². The molecule has 0 fully saturated rings. The van der Waals surface area contributed by atoms with Crippen LogP contribution in [0.5, 0.6) is 0 Å². The van der Waals surface area contributed by atoms with E-state index in [0.717, 1.165) is 5.92 Å². The summed E-state index contributed by atoms with van der Waals surface area (Å²) in [5.74, 6) is 0.729. The Morgan fingerprint density at radius 1 is 1.06 bits per heavy atom. The van der Waals surface area contributed by atoms with E-state index in [1.54, 1.807) is 25.6 Å². The van der Waals surface area contributed by atoms with Crippen LogP contribution in [0.25, 0.3) is 0 Å². The summed E-state index contributed by atoms with van der Waals surface area (Å²) in [7, 11) is 0. The molecule has 0 saturated heterocycles. The summed E-state index contributed by atoms with van der Waals surface area (Å²) in [6, 6.07) is 0. The first-order chi connectivity index (χ1) is 7.52. The van der Waals surface area contributed by atoms with Crippen LogP contribution < -0.4 is 0 Å². The van der Waals surface area contributed by atoms with Crippen LogP contribution in [0.1, 0.15) is 41.0 Å². The van der Waals surface area contributed by atoms with Gasteiger partial charge in [-0.3, -0.25) is 0 Å². The molecule has 0 aliphatic heterocycles. The number of hydrogen-bond donors (Lipinski definition) is 0. The standard InChI is InChI=1S/C9H13.C6H7.2ClH.Zr/c1-6-5-7(2)9(4)8(6)3;1-6-4-2-3-5-6;;;/h6H,1-4H3;2,4H,3H2,1H3;2*1H;. The molecule has 2 rings (SSSR count). The summed E-state index contributed by atoms with van der Waals surface area (Å²) < 4.78 is 3.60. The molecule has 0 nitrogen and oxygen atoms in total. The van der Waals surface area contributed by atoms with Gasteiger partial charge in [-0.15, -0.1) is 24.8 Å². The molecule has 0 aromatic heterocycles. The Balaban J connectivity index is 0.00000144. The number of allylic oxidation sites excluding steroid dienone is 8. The fraction of sp³-hybridized carbons (Fsp3) is 0.467. The third-order valence-electron chi connectivity index (χ3n) is 4.09. The summed E-state index contributed by atoms with van der Waals surface area (Å²) in [5, 5.41) is 0. The molecule has 0 saturated carbocycles. The van der Waals surface area contributed by atoms with Crippen molar-refractivity contribution in [2.75, 3.05) is 0 Å². The Hall–Kier alpha value is 0.423. The van der Waals surface area contributed by atoms with Crippen molar-refractivity contribution in [3.63, 3.8) is 0 Å². The fourth-order valence-corrected chi connectivity index (χ4v) is 6.51. The minimum Gasteiger partial charge on any atom is -0.147 e. The number of rotatable bonds is 2. The zero-order chi connectivity index (χ0) is 11.9. The van der Waals surface area contributed by atoms with Crippen molar-refractivity contribution in [1.29, 1.82) is 0 Å². The first-order valence-electron chi connectivity index (χ1n) is 6.04. The van der Waals surface area contributed by atoms with Gasteiger partial charge in [0.15, 0.2) is 0 Å². The molecule has 0 spiro atoms. The second-order valence-corrected chi connectivity index (χ2v) is 8.38. The molecule has 3 heteroatoms. The third kappa shape index (κ3) is 3.30. The smallest absolute Gasteiger partial charge is 0.147 e. The molecule has 0 amide bonds. The van der Waals surface area contributed by atoms with Gasteiger partial charge in [-0.05, 0) is 0 Å². The maximum absolute atomic E-state index is 2.39. The van der Waals surface area contributed by atoms with E-state index in [1.165, 1.54) is 6.42 Å². The van der Waals surface area contributed by atoms with Gasteiger partial charge in [-0.2, -0.15) is 0 Å². The van der Waals surface area contributed by atoms with Crippen LogP contribution in [0.15, 0.2) is 41.0 Å². The SMILES string of the molecule is CC1=[C]([Zr][C]2=C(C)C(C)=C(C)C2C)CC=C1.Cl.Cl. The van der Waals surface area contributed by atoms with Gasteiger partial charge in [0.1, 0.15) is 0 Å². The minimum atomic E-state index is -0.493. The van der Waals surface area contributed by atoms with E-state index < -0.39 is 23.2 Å². The van der Waals surface area contributed by atoms with Crippen molar-refractivity contribution >= 4 is 24.8 Å². The summed E-state index contributed by atoms with van der Waals surface area (Å²) in [6.45, 7) is 11.6. The van der Waals surface area contributed by atoms with Gasteiger partial charge in [0.25, 0.3) is 0 Å². The molecule has 2 aliphatic carbocycles. The molecule has 0 radical (unpaired) electrons. The summed E-state index contributed by atoms with van der Waals surface area (Å²) >= 11 is -0.493. The molecule has 0 aromatic carbocycles. The first kappa shape index (κ1) is 18.4. The molecule has 0 heterocycles. The molecule has 0 N–H and O–H groups in total. The Morgan fingerprint density at radius 3 is 2.06 bits per heavy atom. The Kier molecular flexibility index (Phi) is 7.44. The van der Waals surface area contributed by atoms with Crippen molar-refractivity contribution in [2.45, 2.75) is 41.0 Å². The number of halogens is 2. The summed E-state index contributed by atoms with van der Waals surface area (Å²) in [6.07, 6.45) is 5.87. The van der Waals surface area contributed by atoms with Crippen molar-refractivity contribution in [2.24, 2.45) is 5.92 Å². The van der Waals surface area contributed by atoms with Gasteiger partial charge in [-0.25, -0.2) is 0 Å². The minimum absolute atomic E-state index is 0. The van der Waals surface area contributed by atoms with Gasteiger partial charge in [-0.1, -0.05) is 0 Å². The van der Waals surface area contributed by atoms with E-state index in [2.05, 4.69) is 46.8 Å². The average molecular weight is 364 g/mol. The maximum atomic E-state index is 2.39. The van der Waals surface area contributed by atoms with E-state index in [9.17, 15) is 0 Å². The molecular weight excluding hydrogens is 342 g/mol. The molecule has 2 aliphatic rings. The predicted molar refractivity (Wildman–Crippen MR) is 81.2 cm³/mol. The van der Waals surface area contributed by atoms with Crippen molar-refractivity contribution in [1.82, 2.24) is 0 Å². The van der Waals surface area contributed by atoms with Crippen LogP contribution in [-0.4, -0.2) is 0 Å². The normalized spacial score (nSPS) is 22.4.